The summed E-state index contributed by atoms with van der Waals surface area (Å²) in [4.78, 5) is 15.5. The normalized spacial score (nSPS) is 22.1. The van der Waals surface area contributed by atoms with Crippen molar-refractivity contribution in [3.8, 4) is 11.5 Å². The van der Waals surface area contributed by atoms with Gasteiger partial charge >= 0.3 is 0 Å². The molecule has 0 aliphatic carbocycles. The largest absolute Gasteiger partial charge is 0.493 e. The highest BCUT2D eigenvalue weighted by Gasteiger charge is 2.39. The molecule has 0 aromatic heterocycles. The third kappa shape index (κ3) is 3.12. The van der Waals surface area contributed by atoms with Gasteiger partial charge in [-0.1, -0.05) is 18.2 Å². The second-order valence-electron chi connectivity index (χ2n) is 7.73. The van der Waals surface area contributed by atoms with Crippen molar-refractivity contribution in [2.45, 2.75) is 38.6 Å². The second-order valence-corrected chi connectivity index (χ2v) is 7.73. The highest BCUT2D eigenvalue weighted by atomic mass is 16.5. The van der Waals surface area contributed by atoms with Gasteiger partial charge in [0, 0.05) is 25.6 Å². The maximum absolute atomic E-state index is 13.1. The van der Waals surface area contributed by atoms with Gasteiger partial charge in [-0.2, -0.15) is 0 Å². The number of rotatable bonds is 3. The number of benzene rings is 2. The number of hydrogen-bond acceptors (Lipinski definition) is 4. The molecular formula is C23H27NO3. The van der Waals surface area contributed by atoms with Crippen molar-refractivity contribution in [1.82, 2.24) is 4.90 Å². The van der Waals surface area contributed by atoms with Gasteiger partial charge in [0.15, 0.2) is 11.5 Å². The summed E-state index contributed by atoms with van der Waals surface area (Å²) in [6, 6.07) is 10.7. The molecule has 0 saturated carbocycles. The molecule has 0 bridgehead atoms. The van der Waals surface area contributed by atoms with E-state index < -0.39 is 0 Å². The molecule has 27 heavy (non-hydrogen) atoms. The van der Waals surface area contributed by atoms with E-state index in [2.05, 4.69) is 49.1 Å². The minimum absolute atomic E-state index is 0.0257. The molecule has 0 amide bonds. The summed E-state index contributed by atoms with van der Waals surface area (Å²) >= 11 is 0. The maximum Gasteiger partial charge on any atom is 0.161 e. The van der Waals surface area contributed by atoms with E-state index in [0.29, 0.717) is 12.2 Å². The van der Waals surface area contributed by atoms with E-state index in [1.54, 1.807) is 14.2 Å². The summed E-state index contributed by atoms with van der Waals surface area (Å²) in [6.07, 6.45) is 1.53. The molecule has 2 aromatic carbocycles. The maximum atomic E-state index is 13.1. The molecule has 0 radical (unpaired) electrons. The van der Waals surface area contributed by atoms with E-state index in [9.17, 15) is 4.79 Å². The molecule has 2 heterocycles. The van der Waals surface area contributed by atoms with E-state index in [1.807, 2.05) is 0 Å². The Balaban J connectivity index is 1.65. The van der Waals surface area contributed by atoms with Crippen molar-refractivity contribution in [3.05, 3.63) is 58.1 Å². The molecule has 2 aliphatic rings. The third-order valence-electron chi connectivity index (χ3n) is 6.25. The lowest BCUT2D eigenvalue weighted by molar-refractivity contribution is -0.125. The van der Waals surface area contributed by atoms with Gasteiger partial charge in [0.1, 0.15) is 5.78 Å². The standard InChI is InChI=1S/C23H27NO3/c1-14-5-6-16(9-15(14)2)19-13-24-8-7-17-10-22(26-3)23(27-4)11-18(17)20(24)12-21(19)25/h5-6,9-11,19-20H,7-8,12-13H2,1-4H3. The number of hydrogen-bond donors (Lipinski definition) is 0. The van der Waals surface area contributed by atoms with Crippen molar-refractivity contribution < 1.29 is 14.3 Å². The molecule has 0 N–H and O–H groups in total. The molecule has 2 unspecified atom stereocenters. The molecule has 4 rings (SSSR count). The van der Waals surface area contributed by atoms with Crippen LogP contribution in [0.5, 0.6) is 11.5 Å². The van der Waals surface area contributed by atoms with Gasteiger partial charge in [-0.15, -0.1) is 0 Å². The van der Waals surface area contributed by atoms with Crippen molar-refractivity contribution in [1.29, 1.82) is 0 Å². The monoisotopic (exact) mass is 365 g/mol. The summed E-state index contributed by atoms with van der Waals surface area (Å²) in [7, 11) is 3.32. The molecule has 142 valence electrons. The lowest BCUT2D eigenvalue weighted by Crippen LogP contribution is -2.45. The Morgan fingerprint density at radius 3 is 2.44 bits per heavy atom. The van der Waals surface area contributed by atoms with Crippen molar-refractivity contribution in [2.24, 2.45) is 0 Å². The SMILES string of the molecule is COc1cc2c(cc1OC)C1CC(=O)C(c3ccc(C)c(C)c3)CN1CC2. The number of ketones is 1. The summed E-state index contributed by atoms with van der Waals surface area (Å²) in [5, 5.41) is 0. The molecule has 4 heteroatoms. The Morgan fingerprint density at radius 1 is 1.00 bits per heavy atom. The van der Waals surface area contributed by atoms with Crippen LogP contribution in [0.3, 0.4) is 0 Å². The molecule has 4 nitrogen and oxygen atoms in total. The van der Waals surface area contributed by atoms with Crippen LogP contribution in [0.15, 0.2) is 30.3 Å². The molecule has 0 spiro atoms. The average Bonchev–Trinajstić information content (AvgIpc) is 2.68. The number of carbonyl (C=O) groups excluding carboxylic acids is 1. The first-order valence-electron chi connectivity index (χ1n) is 9.60. The van der Waals surface area contributed by atoms with Crippen molar-refractivity contribution >= 4 is 5.78 Å². The Labute approximate surface area is 161 Å². The van der Waals surface area contributed by atoms with Crippen LogP contribution in [0, 0.1) is 13.8 Å². The summed E-state index contributed by atoms with van der Waals surface area (Å²) in [5.74, 6) is 1.81. The average molecular weight is 365 g/mol. The highest BCUT2D eigenvalue weighted by Crippen LogP contribution is 2.43. The van der Waals surface area contributed by atoms with E-state index in [1.165, 1.54) is 22.3 Å². The zero-order chi connectivity index (χ0) is 19.1. The van der Waals surface area contributed by atoms with Crippen LogP contribution in [-0.4, -0.2) is 38.0 Å². The Hall–Kier alpha value is -2.33. The number of Topliss-reactive ketones (excluding diaryl/α,β-unsaturated/α-hetero) is 1. The predicted molar refractivity (Wildman–Crippen MR) is 106 cm³/mol. The molecule has 2 aliphatic heterocycles. The number of ether oxygens (including phenoxy) is 2. The van der Waals surface area contributed by atoms with Crippen LogP contribution in [0.4, 0.5) is 0 Å². The van der Waals surface area contributed by atoms with E-state index in [4.69, 9.17) is 9.47 Å². The van der Waals surface area contributed by atoms with Crippen LogP contribution >= 0.6 is 0 Å². The topological polar surface area (TPSA) is 38.8 Å². The number of carbonyl (C=O) groups is 1. The summed E-state index contributed by atoms with van der Waals surface area (Å²) in [6.45, 7) is 5.99. The van der Waals surface area contributed by atoms with Crippen molar-refractivity contribution in [2.75, 3.05) is 27.3 Å². The molecule has 1 saturated heterocycles. The van der Waals surface area contributed by atoms with Crippen LogP contribution < -0.4 is 9.47 Å². The number of methoxy groups -OCH3 is 2. The summed E-state index contributed by atoms with van der Waals surface area (Å²) < 4.78 is 10.9. The minimum atomic E-state index is -0.0257. The number of piperidine rings is 1. The van der Waals surface area contributed by atoms with Gasteiger partial charge in [-0.25, -0.2) is 0 Å². The first-order chi connectivity index (χ1) is 13.0. The van der Waals surface area contributed by atoms with E-state index in [0.717, 1.165) is 36.6 Å². The van der Waals surface area contributed by atoms with Crippen LogP contribution in [0.1, 0.15) is 46.2 Å². The fourth-order valence-corrected chi connectivity index (χ4v) is 4.48. The fourth-order valence-electron chi connectivity index (χ4n) is 4.48. The van der Waals surface area contributed by atoms with Gasteiger partial charge in [-0.05, 0) is 60.2 Å². The Morgan fingerprint density at radius 2 is 1.74 bits per heavy atom. The van der Waals surface area contributed by atoms with Crippen molar-refractivity contribution in [3.63, 3.8) is 0 Å². The lowest BCUT2D eigenvalue weighted by atomic mass is 9.80. The number of aryl methyl sites for hydroxylation is 2. The van der Waals surface area contributed by atoms with Crippen LogP contribution in [0.2, 0.25) is 0 Å². The molecule has 1 fully saturated rings. The van der Waals surface area contributed by atoms with E-state index in [-0.39, 0.29) is 12.0 Å². The fraction of sp³-hybridized carbons (Fsp3) is 0.435. The highest BCUT2D eigenvalue weighted by molar-refractivity contribution is 5.87. The van der Waals surface area contributed by atoms with Gasteiger partial charge in [0.2, 0.25) is 0 Å². The number of fused-ring (bicyclic) bond motifs is 3. The minimum Gasteiger partial charge on any atom is -0.493 e. The molecule has 2 aromatic rings. The third-order valence-corrected chi connectivity index (χ3v) is 6.25. The Kier molecular flexibility index (Phi) is 4.68. The molecule has 2 atom stereocenters. The zero-order valence-electron chi connectivity index (χ0n) is 16.5. The van der Waals surface area contributed by atoms with Gasteiger partial charge < -0.3 is 9.47 Å². The first kappa shape index (κ1) is 18.1. The number of nitrogens with zero attached hydrogens (tertiary/aromatic N) is 1. The Bertz CT molecular complexity index is 889. The smallest absolute Gasteiger partial charge is 0.161 e. The predicted octanol–water partition coefficient (Wildman–Crippen LogP) is 3.98. The quantitative estimate of drug-likeness (QED) is 0.825. The zero-order valence-corrected chi connectivity index (χ0v) is 16.5. The van der Waals surface area contributed by atoms with Crippen LogP contribution in [0.25, 0.3) is 0 Å². The van der Waals surface area contributed by atoms with Gasteiger partial charge in [0.25, 0.3) is 0 Å². The second kappa shape index (κ2) is 7.01. The lowest BCUT2D eigenvalue weighted by Gasteiger charge is -2.43. The van der Waals surface area contributed by atoms with Crippen LogP contribution in [-0.2, 0) is 11.2 Å². The van der Waals surface area contributed by atoms with E-state index >= 15 is 0 Å². The van der Waals surface area contributed by atoms with Gasteiger partial charge in [0.05, 0.1) is 20.1 Å². The molecular weight excluding hydrogens is 338 g/mol. The first-order valence-corrected chi connectivity index (χ1v) is 9.60. The van der Waals surface area contributed by atoms with Gasteiger partial charge in [-0.3, -0.25) is 9.69 Å². The summed E-state index contributed by atoms with van der Waals surface area (Å²) in [5.41, 5.74) is 6.16.